The lowest BCUT2D eigenvalue weighted by Crippen LogP contribution is -2.20. The van der Waals surface area contributed by atoms with Crippen LogP contribution in [-0.2, 0) is 4.79 Å². The minimum Gasteiger partial charge on any atom is -0.390 e. The lowest BCUT2D eigenvalue weighted by atomic mass is 10.2. The SMILES string of the molecule is CN(C)CCCN/C=C(/C#N)C(=O)Nc1ccc(Br)cc1. The lowest BCUT2D eigenvalue weighted by Gasteiger charge is -2.09. The summed E-state index contributed by atoms with van der Waals surface area (Å²) >= 11 is 3.32. The number of halogens is 1. The Labute approximate surface area is 133 Å². The van der Waals surface area contributed by atoms with Gasteiger partial charge in [0.1, 0.15) is 11.6 Å². The molecule has 0 unspecified atom stereocenters. The average Bonchev–Trinajstić information content (AvgIpc) is 2.45. The average molecular weight is 351 g/mol. The van der Waals surface area contributed by atoms with Gasteiger partial charge in [0.05, 0.1) is 0 Å². The van der Waals surface area contributed by atoms with E-state index >= 15 is 0 Å². The number of benzene rings is 1. The van der Waals surface area contributed by atoms with E-state index in [0.717, 1.165) is 24.0 Å². The van der Waals surface area contributed by atoms with E-state index in [1.54, 1.807) is 12.1 Å². The fourth-order valence-electron chi connectivity index (χ4n) is 1.55. The molecule has 0 bridgehead atoms. The van der Waals surface area contributed by atoms with Gasteiger partial charge in [0, 0.05) is 22.9 Å². The molecule has 0 spiro atoms. The first-order chi connectivity index (χ1) is 10.0. The summed E-state index contributed by atoms with van der Waals surface area (Å²) in [5.74, 6) is -0.417. The maximum Gasteiger partial charge on any atom is 0.267 e. The highest BCUT2D eigenvalue weighted by Crippen LogP contribution is 2.14. The van der Waals surface area contributed by atoms with Crippen LogP contribution in [0, 0.1) is 11.3 Å². The summed E-state index contributed by atoms with van der Waals surface area (Å²) in [6, 6.07) is 9.08. The highest BCUT2D eigenvalue weighted by molar-refractivity contribution is 9.10. The lowest BCUT2D eigenvalue weighted by molar-refractivity contribution is -0.112. The molecule has 0 fully saturated rings. The number of nitriles is 1. The third-order valence-corrected chi connectivity index (χ3v) is 3.17. The molecule has 5 nitrogen and oxygen atoms in total. The molecule has 21 heavy (non-hydrogen) atoms. The molecule has 0 aromatic heterocycles. The van der Waals surface area contributed by atoms with Crippen molar-refractivity contribution >= 4 is 27.5 Å². The minimum atomic E-state index is -0.417. The largest absolute Gasteiger partial charge is 0.390 e. The van der Waals surface area contributed by atoms with Crippen LogP contribution in [0.15, 0.2) is 40.5 Å². The van der Waals surface area contributed by atoms with Gasteiger partial charge in [-0.05, 0) is 51.3 Å². The summed E-state index contributed by atoms with van der Waals surface area (Å²) in [6.45, 7) is 1.67. The summed E-state index contributed by atoms with van der Waals surface area (Å²) in [4.78, 5) is 14.0. The number of hydrogen-bond acceptors (Lipinski definition) is 4. The fraction of sp³-hybridized carbons (Fsp3) is 0.333. The Balaban J connectivity index is 2.49. The molecular weight excluding hydrogens is 332 g/mol. The van der Waals surface area contributed by atoms with Crippen LogP contribution in [0.1, 0.15) is 6.42 Å². The highest BCUT2D eigenvalue weighted by Gasteiger charge is 2.08. The van der Waals surface area contributed by atoms with Gasteiger partial charge in [-0.25, -0.2) is 0 Å². The molecule has 1 amide bonds. The van der Waals surface area contributed by atoms with Crippen molar-refractivity contribution in [1.29, 1.82) is 5.26 Å². The summed E-state index contributed by atoms with van der Waals surface area (Å²) in [6.07, 6.45) is 2.40. The van der Waals surface area contributed by atoms with E-state index in [0.29, 0.717) is 5.69 Å². The minimum absolute atomic E-state index is 0.0581. The Morgan fingerprint density at radius 3 is 2.62 bits per heavy atom. The van der Waals surface area contributed by atoms with Crippen molar-refractivity contribution in [2.75, 3.05) is 32.5 Å². The molecule has 0 radical (unpaired) electrons. The number of nitrogens with one attached hydrogen (secondary N) is 2. The number of carbonyl (C=O) groups is 1. The van der Waals surface area contributed by atoms with Crippen molar-refractivity contribution in [3.05, 3.63) is 40.5 Å². The molecule has 112 valence electrons. The van der Waals surface area contributed by atoms with E-state index in [2.05, 4.69) is 31.5 Å². The first-order valence-electron chi connectivity index (χ1n) is 6.58. The number of hydrogen-bond donors (Lipinski definition) is 2. The molecule has 0 saturated heterocycles. The first-order valence-corrected chi connectivity index (χ1v) is 7.37. The zero-order chi connectivity index (χ0) is 15.7. The number of anilines is 1. The van der Waals surface area contributed by atoms with Crippen molar-refractivity contribution in [3.63, 3.8) is 0 Å². The van der Waals surface area contributed by atoms with E-state index in [1.165, 1.54) is 6.20 Å². The highest BCUT2D eigenvalue weighted by atomic mass is 79.9. The maximum atomic E-state index is 11.9. The molecule has 0 aliphatic carbocycles. The zero-order valence-electron chi connectivity index (χ0n) is 12.2. The van der Waals surface area contributed by atoms with Crippen molar-refractivity contribution in [1.82, 2.24) is 10.2 Å². The summed E-state index contributed by atoms with van der Waals surface area (Å²) < 4.78 is 0.930. The van der Waals surface area contributed by atoms with Crippen LogP contribution < -0.4 is 10.6 Å². The van der Waals surface area contributed by atoms with E-state index in [-0.39, 0.29) is 5.57 Å². The van der Waals surface area contributed by atoms with E-state index in [1.807, 2.05) is 32.3 Å². The first kappa shape index (κ1) is 17.2. The molecule has 0 atom stereocenters. The number of rotatable bonds is 7. The fourth-order valence-corrected chi connectivity index (χ4v) is 1.82. The molecular formula is C15H19BrN4O. The number of amides is 1. The Hall–Kier alpha value is -1.84. The molecule has 2 N–H and O–H groups in total. The maximum absolute atomic E-state index is 11.9. The van der Waals surface area contributed by atoms with Crippen molar-refractivity contribution in [2.24, 2.45) is 0 Å². The Morgan fingerprint density at radius 1 is 1.38 bits per heavy atom. The van der Waals surface area contributed by atoms with Crippen molar-refractivity contribution < 1.29 is 4.79 Å². The second-order valence-corrected chi connectivity index (χ2v) is 5.66. The Morgan fingerprint density at radius 2 is 2.05 bits per heavy atom. The van der Waals surface area contributed by atoms with Gasteiger partial charge in [-0.3, -0.25) is 4.79 Å². The predicted molar refractivity (Wildman–Crippen MR) is 87.6 cm³/mol. The smallest absolute Gasteiger partial charge is 0.267 e. The second-order valence-electron chi connectivity index (χ2n) is 4.74. The van der Waals surface area contributed by atoms with Gasteiger partial charge in [-0.15, -0.1) is 0 Å². The van der Waals surface area contributed by atoms with E-state index in [4.69, 9.17) is 5.26 Å². The zero-order valence-corrected chi connectivity index (χ0v) is 13.8. The van der Waals surface area contributed by atoms with Gasteiger partial charge in [0.15, 0.2) is 0 Å². The monoisotopic (exact) mass is 350 g/mol. The quantitative estimate of drug-likeness (QED) is 0.450. The molecule has 0 aliphatic heterocycles. The third kappa shape index (κ3) is 6.93. The summed E-state index contributed by atoms with van der Waals surface area (Å²) in [5.41, 5.74) is 0.708. The summed E-state index contributed by atoms with van der Waals surface area (Å²) in [5, 5.41) is 14.7. The van der Waals surface area contributed by atoms with Crippen LogP contribution in [-0.4, -0.2) is 38.0 Å². The van der Waals surface area contributed by atoms with Crippen LogP contribution in [0.25, 0.3) is 0 Å². The van der Waals surface area contributed by atoms with Gasteiger partial charge >= 0.3 is 0 Å². The van der Waals surface area contributed by atoms with E-state index in [9.17, 15) is 4.79 Å². The van der Waals surface area contributed by atoms with Gasteiger partial charge in [-0.2, -0.15) is 5.26 Å². The van der Waals surface area contributed by atoms with E-state index < -0.39 is 5.91 Å². The number of nitrogens with zero attached hydrogens (tertiary/aromatic N) is 2. The van der Waals surface area contributed by atoms with Crippen molar-refractivity contribution in [3.8, 4) is 6.07 Å². The van der Waals surface area contributed by atoms with Gasteiger partial charge in [0.2, 0.25) is 0 Å². The van der Waals surface area contributed by atoms with Crippen LogP contribution in [0.5, 0.6) is 0 Å². The molecule has 0 saturated carbocycles. The standard InChI is InChI=1S/C15H19BrN4O/c1-20(2)9-3-8-18-11-12(10-17)15(21)19-14-6-4-13(16)5-7-14/h4-7,11,18H,3,8-9H2,1-2H3,(H,19,21)/b12-11-. The molecule has 1 rings (SSSR count). The van der Waals surface area contributed by atoms with Crippen LogP contribution in [0.4, 0.5) is 5.69 Å². The van der Waals surface area contributed by atoms with Crippen LogP contribution in [0.2, 0.25) is 0 Å². The molecule has 0 aliphatic rings. The third-order valence-electron chi connectivity index (χ3n) is 2.64. The second kappa shape index (κ2) is 9.16. The van der Waals surface area contributed by atoms with Crippen LogP contribution >= 0.6 is 15.9 Å². The van der Waals surface area contributed by atoms with Gasteiger partial charge in [-0.1, -0.05) is 15.9 Å². The summed E-state index contributed by atoms with van der Waals surface area (Å²) in [7, 11) is 4.00. The normalized spacial score (nSPS) is 11.1. The predicted octanol–water partition coefficient (Wildman–Crippen LogP) is 2.34. The van der Waals surface area contributed by atoms with Crippen molar-refractivity contribution in [2.45, 2.75) is 6.42 Å². The Bertz CT molecular complexity index is 532. The van der Waals surface area contributed by atoms with Gasteiger partial charge in [0.25, 0.3) is 5.91 Å². The van der Waals surface area contributed by atoms with Crippen LogP contribution in [0.3, 0.4) is 0 Å². The Kier molecular flexibility index (Phi) is 7.51. The number of carbonyl (C=O) groups excluding carboxylic acids is 1. The molecule has 0 heterocycles. The molecule has 6 heteroatoms. The molecule has 1 aromatic rings. The topological polar surface area (TPSA) is 68.2 Å². The molecule has 1 aromatic carbocycles. The van der Waals surface area contributed by atoms with Gasteiger partial charge < -0.3 is 15.5 Å².